The molecule has 1 aromatic rings. The molecule has 116 valence electrons. The molecule has 0 amide bonds. The van der Waals surface area contributed by atoms with Gasteiger partial charge in [0.1, 0.15) is 5.75 Å². The van der Waals surface area contributed by atoms with E-state index in [1.54, 1.807) is 12.1 Å². The quantitative estimate of drug-likeness (QED) is 0.873. The Bertz CT molecular complexity index is 462. The van der Waals surface area contributed by atoms with Gasteiger partial charge < -0.3 is 10.1 Å². The lowest BCUT2D eigenvalue weighted by atomic mass is 10.1. The van der Waals surface area contributed by atoms with Crippen LogP contribution in [-0.4, -0.2) is 36.2 Å². The molecule has 0 spiro atoms. The summed E-state index contributed by atoms with van der Waals surface area (Å²) in [6, 6.07) is 8.87. The Balaban J connectivity index is 1.46. The van der Waals surface area contributed by atoms with Crippen molar-refractivity contribution in [3.8, 4) is 5.75 Å². The number of nitrogens with one attached hydrogen (secondary N) is 1. The first-order valence-electron chi connectivity index (χ1n) is 7.64. The highest BCUT2D eigenvalue weighted by molar-refractivity contribution is 5.27. The third kappa shape index (κ3) is 3.92. The number of benzene rings is 1. The van der Waals surface area contributed by atoms with E-state index in [1.807, 2.05) is 12.1 Å². The summed E-state index contributed by atoms with van der Waals surface area (Å²) >= 11 is 0. The van der Waals surface area contributed by atoms with Crippen molar-refractivity contribution in [2.75, 3.05) is 6.54 Å². The highest BCUT2D eigenvalue weighted by Crippen LogP contribution is 2.33. The van der Waals surface area contributed by atoms with Gasteiger partial charge in [-0.1, -0.05) is 12.1 Å². The number of alkyl halides is 2. The third-order valence-electron chi connectivity index (χ3n) is 4.38. The summed E-state index contributed by atoms with van der Waals surface area (Å²) in [7, 11) is 0. The number of hydrogen-bond donors (Lipinski definition) is 1. The highest BCUT2D eigenvalue weighted by atomic mass is 19.3. The van der Waals surface area contributed by atoms with E-state index in [2.05, 4.69) is 21.9 Å². The fraction of sp³-hybridized carbons (Fsp3) is 0.625. The van der Waals surface area contributed by atoms with Crippen LogP contribution in [0.1, 0.15) is 31.7 Å². The van der Waals surface area contributed by atoms with Gasteiger partial charge in [0.25, 0.3) is 0 Å². The van der Waals surface area contributed by atoms with Crippen molar-refractivity contribution in [1.82, 2.24) is 10.2 Å². The number of likely N-dealkylation sites (tertiary alicyclic amines) is 1. The SMILES string of the molecule is CC1CC(NCc2ccc(OC(F)F)cc2)CN1C1CC1. The second-order valence-corrected chi connectivity index (χ2v) is 6.11. The molecule has 2 aliphatic rings. The first-order chi connectivity index (χ1) is 10.1. The predicted molar refractivity (Wildman–Crippen MR) is 77.5 cm³/mol. The molecule has 0 radical (unpaired) electrons. The van der Waals surface area contributed by atoms with Crippen LogP contribution in [0.15, 0.2) is 24.3 Å². The van der Waals surface area contributed by atoms with Gasteiger partial charge in [0, 0.05) is 31.2 Å². The number of hydrogen-bond acceptors (Lipinski definition) is 3. The molecule has 2 fully saturated rings. The molecule has 1 aromatic carbocycles. The fourth-order valence-electron chi connectivity index (χ4n) is 3.17. The summed E-state index contributed by atoms with van der Waals surface area (Å²) in [5.74, 6) is 0.211. The summed E-state index contributed by atoms with van der Waals surface area (Å²) in [4.78, 5) is 2.61. The maximum Gasteiger partial charge on any atom is 0.387 e. The molecule has 2 unspecified atom stereocenters. The molecular formula is C16H22F2N2O. The topological polar surface area (TPSA) is 24.5 Å². The monoisotopic (exact) mass is 296 g/mol. The average molecular weight is 296 g/mol. The van der Waals surface area contributed by atoms with Crippen molar-refractivity contribution in [3.05, 3.63) is 29.8 Å². The molecule has 1 aliphatic carbocycles. The van der Waals surface area contributed by atoms with Gasteiger partial charge in [0.15, 0.2) is 0 Å². The van der Waals surface area contributed by atoms with Crippen molar-refractivity contribution in [1.29, 1.82) is 0 Å². The second-order valence-electron chi connectivity index (χ2n) is 6.11. The molecule has 1 N–H and O–H groups in total. The second kappa shape index (κ2) is 6.28. The molecule has 3 nitrogen and oxygen atoms in total. The van der Waals surface area contributed by atoms with Gasteiger partial charge >= 0.3 is 6.61 Å². The van der Waals surface area contributed by atoms with Gasteiger partial charge in [0.05, 0.1) is 0 Å². The Morgan fingerprint density at radius 1 is 1.29 bits per heavy atom. The van der Waals surface area contributed by atoms with Gasteiger partial charge in [-0.2, -0.15) is 8.78 Å². The van der Waals surface area contributed by atoms with Crippen LogP contribution >= 0.6 is 0 Å². The average Bonchev–Trinajstić information content (AvgIpc) is 3.21. The van der Waals surface area contributed by atoms with E-state index < -0.39 is 6.61 Å². The molecule has 1 aliphatic heterocycles. The molecule has 0 bridgehead atoms. The molecule has 3 rings (SSSR count). The van der Waals surface area contributed by atoms with E-state index in [0.29, 0.717) is 12.1 Å². The molecule has 21 heavy (non-hydrogen) atoms. The summed E-state index contributed by atoms with van der Waals surface area (Å²) in [5.41, 5.74) is 1.09. The lowest BCUT2D eigenvalue weighted by molar-refractivity contribution is -0.0498. The van der Waals surface area contributed by atoms with Gasteiger partial charge in [-0.05, 0) is 43.9 Å². The zero-order chi connectivity index (χ0) is 14.8. The normalized spacial score (nSPS) is 26.5. The van der Waals surface area contributed by atoms with E-state index in [4.69, 9.17) is 0 Å². The van der Waals surface area contributed by atoms with E-state index in [1.165, 1.54) is 19.3 Å². The van der Waals surface area contributed by atoms with Crippen LogP contribution in [0.25, 0.3) is 0 Å². The Hall–Kier alpha value is -1.20. The van der Waals surface area contributed by atoms with Crippen LogP contribution in [0.2, 0.25) is 0 Å². The summed E-state index contributed by atoms with van der Waals surface area (Å²) in [5, 5.41) is 3.57. The first-order valence-corrected chi connectivity index (χ1v) is 7.64. The van der Waals surface area contributed by atoms with Crippen LogP contribution in [0.3, 0.4) is 0 Å². The number of rotatable bonds is 6. The highest BCUT2D eigenvalue weighted by Gasteiger charge is 2.38. The number of halogens is 2. The summed E-state index contributed by atoms with van der Waals surface area (Å²) < 4.78 is 28.5. The van der Waals surface area contributed by atoms with Crippen molar-refractivity contribution in [3.63, 3.8) is 0 Å². The van der Waals surface area contributed by atoms with Crippen molar-refractivity contribution >= 4 is 0 Å². The minimum Gasteiger partial charge on any atom is -0.435 e. The Kier molecular flexibility index (Phi) is 4.40. The van der Waals surface area contributed by atoms with Crippen LogP contribution < -0.4 is 10.1 Å². The van der Waals surface area contributed by atoms with E-state index in [0.717, 1.165) is 24.7 Å². The zero-order valence-electron chi connectivity index (χ0n) is 12.3. The van der Waals surface area contributed by atoms with Gasteiger partial charge in [-0.25, -0.2) is 0 Å². The summed E-state index contributed by atoms with van der Waals surface area (Å²) in [6.07, 6.45) is 3.88. The van der Waals surface area contributed by atoms with Gasteiger partial charge in [0.2, 0.25) is 0 Å². The fourth-order valence-corrected chi connectivity index (χ4v) is 3.17. The molecule has 0 aromatic heterocycles. The minimum absolute atomic E-state index is 0.211. The minimum atomic E-state index is -2.76. The van der Waals surface area contributed by atoms with Crippen LogP contribution in [0.4, 0.5) is 8.78 Å². The Morgan fingerprint density at radius 2 is 2.00 bits per heavy atom. The zero-order valence-corrected chi connectivity index (χ0v) is 12.3. The first kappa shape index (κ1) is 14.7. The van der Waals surface area contributed by atoms with Crippen molar-refractivity contribution in [2.24, 2.45) is 0 Å². The van der Waals surface area contributed by atoms with Crippen LogP contribution in [0.5, 0.6) is 5.75 Å². The summed E-state index contributed by atoms with van der Waals surface area (Å²) in [6.45, 7) is 1.43. The Labute approximate surface area is 124 Å². The molecule has 1 heterocycles. The molecule has 1 saturated heterocycles. The molecule has 2 atom stereocenters. The van der Waals surface area contributed by atoms with E-state index in [-0.39, 0.29) is 5.75 Å². The maximum absolute atomic E-state index is 12.1. The Morgan fingerprint density at radius 3 is 2.62 bits per heavy atom. The van der Waals surface area contributed by atoms with Gasteiger partial charge in [-0.3, -0.25) is 4.90 Å². The standard InChI is InChI=1S/C16H22F2N2O/c1-11-8-13(10-20(11)14-4-5-14)19-9-12-2-6-15(7-3-12)21-16(17)18/h2-3,6-7,11,13-14,16,19H,4-5,8-10H2,1H3. The van der Waals surface area contributed by atoms with Crippen molar-refractivity contribution < 1.29 is 13.5 Å². The van der Waals surface area contributed by atoms with Crippen LogP contribution in [0, 0.1) is 0 Å². The smallest absolute Gasteiger partial charge is 0.387 e. The third-order valence-corrected chi connectivity index (χ3v) is 4.38. The predicted octanol–water partition coefficient (Wildman–Crippen LogP) is 3.00. The lowest BCUT2D eigenvalue weighted by Gasteiger charge is -2.19. The van der Waals surface area contributed by atoms with Crippen LogP contribution in [-0.2, 0) is 6.54 Å². The van der Waals surface area contributed by atoms with E-state index >= 15 is 0 Å². The van der Waals surface area contributed by atoms with E-state index in [9.17, 15) is 8.78 Å². The molecular weight excluding hydrogens is 274 g/mol. The van der Waals surface area contributed by atoms with Crippen molar-refractivity contribution in [2.45, 2.75) is 57.5 Å². The largest absolute Gasteiger partial charge is 0.435 e. The molecule has 1 saturated carbocycles. The lowest BCUT2D eigenvalue weighted by Crippen LogP contribution is -2.33. The molecule has 5 heteroatoms. The number of nitrogens with zero attached hydrogens (tertiary/aromatic N) is 1. The maximum atomic E-state index is 12.1. The number of ether oxygens (including phenoxy) is 1. The van der Waals surface area contributed by atoms with Gasteiger partial charge in [-0.15, -0.1) is 0 Å².